The summed E-state index contributed by atoms with van der Waals surface area (Å²) in [6.07, 6.45) is 0. The van der Waals surface area contributed by atoms with Crippen LogP contribution in [0.2, 0.25) is 0 Å². The Hall–Kier alpha value is -2.01. The van der Waals surface area contributed by atoms with Crippen molar-refractivity contribution in [1.82, 2.24) is 5.32 Å². The minimum absolute atomic E-state index is 0.178. The van der Waals surface area contributed by atoms with Crippen LogP contribution in [0, 0.1) is 0 Å². The lowest BCUT2D eigenvalue weighted by Gasteiger charge is -2.10. The SMILES string of the molecule is COc1ccccc1C(=O)NCCOc1ccccc1Br. The highest BCUT2D eigenvalue weighted by Gasteiger charge is 2.10. The first-order chi connectivity index (χ1) is 10.2. The monoisotopic (exact) mass is 349 g/mol. The summed E-state index contributed by atoms with van der Waals surface area (Å²) < 4.78 is 11.6. The summed E-state index contributed by atoms with van der Waals surface area (Å²) in [6.45, 7) is 0.807. The molecule has 0 bridgehead atoms. The van der Waals surface area contributed by atoms with Crippen molar-refractivity contribution < 1.29 is 14.3 Å². The van der Waals surface area contributed by atoms with E-state index < -0.39 is 0 Å². The largest absolute Gasteiger partial charge is 0.496 e. The van der Waals surface area contributed by atoms with Gasteiger partial charge >= 0.3 is 0 Å². The number of hydrogen-bond acceptors (Lipinski definition) is 3. The number of carbonyl (C=O) groups is 1. The highest BCUT2D eigenvalue weighted by molar-refractivity contribution is 9.10. The van der Waals surface area contributed by atoms with Crippen molar-refractivity contribution in [2.24, 2.45) is 0 Å². The Bertz CT molecular complexity index is 616. The number of amides is 1. The third kappa shape index (κ3) is 4.23. The van der Waals surface area contributed by atoms with Crippen LogP contribution < -0.4 is 14.8 Å². The zero-order valence-corrected chi connectivity index (χ0v) is 13.2. The molecule has 0 aromatic heterocycles. The van der Waals surface area contributed by atoms with Crippen LogP contribution in [0.4, 0.5) is 0 Å². The molecule has 2 aromatic carbocycles. The van der Waals surface area contributed by atoms with Crippen LogP contribution in [0.25, 0.3) is 0 Å². The van der Waals surface area contributed by atoms with E-state index >= 15 is 0 Å². The van der Waals surface area contributed by atoms with Gasteiger partial charge in [-0.05, 0) is 40.2 Å². The van der Waals surface area contributed by atoms with Gasteiger partial charge in [0.05, 0.1) is 23.7 Å². The second-order valence-electron chi connectivity index (χ2n) is 4.24. The van der Waals surface area contributed by atoms with E-state index in [0.29, 0.717) is 24.5 Å². The van der Waals surface area contributed by atoms with Gasteiger partial charge in [0, 0.05) is 0 Å². The van der Waals surface area contributed by atoms with E-state index in [9.17, 15) is 4.79 Å². The topological polar surface area (TPSA) is 47.6 Å². The van der Waals surface area contributed by atoms with Gasteiger partial charge in [0.15, 0.2) is 0 Å². The highest BCUT2D eigenvalue weighted by Crippen LogP contribution is 2.23. The Morgan fingerprint density at radius 1 is 1.10 bits per heavy atom. The van der Waals surface area contributed by atoms with E-state index in [-0.39, 0.29) is 5.91 Å². The zero-order valence-electron chi connectivity index (χ0n) is 11.6. The minimum atomic E-state index is -0.178. The van der Waals surface area contributed by atoms with Crippen LogP contribution in [-0.2, 0) is 0 Å². The molecule has 1 amide bonds. The average molecular weight is 350 g/mol. The molecule has 110 valence electrons. The smallest absolute Gasteiger partial charge is 0.255 e. The molecule has 0 unspecified atom stereocenters. The molecule has 2 rings (SSSR count). The first-order valence-electron chi connectivity index (χ1n) is 6.51. The van der Waals surface area contributed by atoms with Gasteiger partial charge < -0.3 is 14.8 Å². The molecule has 1 N–H and O–H groups in total. The molecule has 0 atom stereocenters. The van der Waals surface area contributed by atoms with E-state index in [0.717, 1.165) is 10.2 Å². The molecule has 0 spiro atoms. The van der Waals surface area contributed by atoms with Crippen LogP contribution in [0.3, 0.4) is 0 Å². The molecule has 0 saturated heterocycles. The van der Waals surface area contributed by atoms with Gasteiger partial charge in [-0.25, -0.2) is 0 Å². The number of halogens is 1. The maximum Gasteiger partial charge on any atom is 0.255 e. The average Bonchev–Trinajstić information content (AvgIpc) is 2.52. The van der Waals surface area contributed by atoms with E-state index in [1.54, 1.807) is 25.3 Å². The standard InChI is InChI=1S/C16H16BrNO3/c1-20-14-8-4-2-6-12(14)16(19)18-10-11-21-15-9-5-3-7-13(15)17/h2-9H,10-11H2,1H3,(H,18,19). The number of para-hydroxylation sites is 2. The predicted molar refractivity (Wildman–Crippen MR) is 85.0 cm³/mol. The molecule has 5 heteroatoms. The molecule has 21 heavy (non-hydrogen) atoms. The molecule has 0 aliphatic heterocycles. The molecule has 0 fully saturated rings. The van der Waals surface area contributed by atoms with E-state index in [1.807, 2.05) is 30.3 Å². The second-order valence-corrected chi connectivity index (χ2v) is 5.09. The normalized spacial score (nSPS) is 10.0. The van der Waals surface area contributed by atoms with Gasteiger partial charge in [0.25, 0.3) is 5.91 Å². The molecule has 2 aromatic rings. The molecular formula is C16H16BrNO3. The van der Waals surface area contributed by atoms with Gasteiger partial charge in [-0.3, -0.25) is 4.79 Å². The number of rotatable bonds is 6. The van der Waals surface area contributed by atoms with Crippen LogP contribution in [0.5, 0.6) is 11.5 Å². The highest BCUT2D eigenvalue weighted by atomic mass is 79.9. The first kappa shape index (κ1) is 15.4. The summed E-state index contributed by atoms with van der Waals surface area (Å²) >= 11 is 3.40. The van der Waals surface area contributed by atoms with Crippen molar-refractivity contribution in [2.45, 2.75) is 0 Å². The molecule has 0 saturated carbocycles. The first-order valence-corrected chi connectivity index (χ1v) is 7.30. The summed E-state index contributed by atoms with van der Waals surface area (Å²) in [6, 6.07) is 14.7. The number of benzene rings is 2. The van der Waals surface area contributed by atoms with Gasteiger partial charge in [0.2, 0.25) is 0 Å². The molecule has 0 radical (unpaired) electrons. The van der Waals surface area contributed by atoms with E-state index in [1.165, 1.54) is 0 Å². The Kier molecular flexibility index (Phi) is 5.63. The lowest BCUT2D eigenvalue weighted by molar-refractivity contribution is 0.0944. The van der Waals surface area contributed by atoms with Crippen molar-refractivity contribution in [3.63, 3.8) is 0 Å². The summed E-state index contributed by atoms with van der Waals surface area (Å²) in [5.74, 6) is 1.13. The Labute approximate surface area is 132 Å². The number of carbonyl (C=O) groups excluding carboxylic acids is 1. The minimum Gasteiger partial charge on any atom is -0.496 e. The molecule has 0 aliphatic rings. The summed E-state index contributed by atoms with van der Waals surface area (Å²) in [4.78, 5) is 12.0. The number of methoxy groups -OCH3 is 1. The zero-order chi connectivity index (χ0) is 15.1. The predicted octanol–water partition coefficient (Wildman–Crippen LogP) is 3.27. The maximum absolute atomic E-state index is 12.0. The van der Waals surface area contributed by atoms with Gasteiger partial charge in [-0.1, -0.05) is 24.3 Å². The lowest BCUT2D eigenvalue weighted by atomic mass is 10.2. The summed E-state index contributed by atoms with van der Waals surface area (Å²) in [7, 11) is 1.54. The van der Waals surface area contributed by atoms with Crippen LogP contribution >= 0.6 is 15.9 Å². The van der Waals surface area contributed by atoms with Gasteiger partial charge in [-0.2, -0.15) is 0 Å². The number of hydrogen-bond donors (Lipinski definition) is 1. The Morgan fingerprint density at radius 2 is 1.76 bits per heavy atom. The molecule has 0 heterocycles. The lowest BCUT2D eigenvalue weighted by Crippen LogP contribution is -2.28. The maximum atomic E-state index is 12.0. The van der Waals surface area contributed by atoms with E-state index in [4.69, 9.17) is 9.47 Å². The summed E-state index contributed by atoms with van der Waals surface area (Å²) in [5, 5.41) is 2.80. The third-order valence-corrected chi connectivity index (χ3v) is 3.49. The number of nitrogens with one attached hydrogen (secondary N) is 1. The fraction of sp³-hybridized carbons (Fsp3) is 0.188. The Morgan fingerprint density at radius 3 is 2.48 bits per heavy atom. The second kappa shape index (κ2) is 7.69. The van der Waals surface area contributed by atoms with Crippen molar-refractivity contribution >= 4 is 21.8 Å². The van der Waals surface area contributed by atoms with Gasteiger partial charge in [0.1, 0.15) is 18.1 Å². The number of ether oxygens (including phenoxy) is 2. The fourth-order valence-electron chi connectivity index (χ4n) is 1.81. The van der Waals surface area contributed by atoms with Crippen molar-refractivity contribution in [2.75, 3.05) is 20.3 Å². The van der Waals surface area contributed by atoms with E-state index in [2.05, 4.69) is 21.2 Å². The van der Waals surface area contributed by atoms with Gasteiger partial charge in [-0.15, -0.1) is 0 Å². The van der Waals surface area contributed by atoms with Crippen molar-refractivity contribution in [3.05, 3.63) is 58.6 Å². The molecular weight excluding hydrogens is 334 g/mol. The van der Waals surface area contributed by atoms with Crippen LogP contribution in [0.15, 0.2) is 53.0 Å². The molecule has 4 nitrogen and oxygen atoms in total. The van der Waals surface area contributed by atoms with Crippen molar-refractivity contribution in [1.29, 1.82) is 0 Å². The third-order valence-electron chi connectivity index (χ3n) is 2.83. The van der Waals surface area contributed by atoms with Crippen LogP contribution in [-0.4, -0.2) is 26.2 Å². The quantitative estimate of drug-likeness (QED) is 0.814. The fourth-order valence-corrected chi connectivity index (χ4v) is 2.21. The van der Waals surface area contributed by atoms with Crippen molar-refractivity contribution in [3.8, 4) is 11.5 Å². The summed E-state index contributed by atoms with van der Waals surface area (Å²) in [5.41, 5.74) is 0.515. The Balaban J connectivity index is 1.83. The molecule has 0 aliphatic carbocycles. The van der Waals surface area contributed by atoms with Crippen LogP contribution in [0.1, 0.15) is 10.4 Å².